The highest BCUT2D eigenvalue weighted by Crippen LogP contribution is 2.12. The minimum atomic E-state index is 0.0534. The summed E-state index contributed by atoms with van der Waals surface area (Å²) >= 11 is 0. The van der Waals surface area contributed by atoms with Crippen molar-refractivity contribution in [2.24, 2.45) is 0 Å². The number of hydrogen-bond acceptors (Lipinski definition) is 2. The Morgan fingerprint density at radius 1 is 1.36 bits per heavy atom. The highest BCUT2D eigenvalue weighted by molar-refractivity contribution is 6.00. The molecular formula is C12H15NO. The lowest BCUT2D eigenvalue weighted by Crippen LogP contribution is -2.30. The van der Waals surface area contributed by atoms with Crippen LogP contribution in [0, 0.1) is 6.92 Å². The fourth-order valence-electron chi connectivity index (χ4n) is 1.83. The van der Waals surface area contributed by atoms with Gasteiger partial charge in [-0.1, -0.05) is 29.8 Å². The molecule has 1 N–H and O–H groups in total. The Morgan fingerprint density at radius 2 is 2.07 bits per heavy atom. The number of ketones is 1. The molecular weight excluding hydrogens is 174 g/mol. The van der Waals surface area contributed by atoms with Gasteiger partial charge in [-0.25, -0.2) is 0 Å². The van der Waals surface area contributed by atoms with Gasteiger partial charge in [-0.3, -0.25) is 4.79 Å². The number of carbonyl (C=O) groups is 1. The number of Topliss-reactive ketones (excluding diaryl/α,β-unsaturated/α-hetero) is 1. The first-order valence-electron chi connectivity index (χ1n) is 5.11. The third-order valence-electron chi connectivity index (χ3n) is 2.71. The van der Waals surface area contributed by atoms with E-state index in [1.54, 1.807) is 0 Å². The largest absolute Gasteiger partial charge is 0.307 e. The van der Waals surface area contributed by atoms with Crippen LogP contribution in [-0.2, 0) is 0 Å². The summed E-state index contributed by atoms with van der Waals surface area (Å²) in [5.41, 5.74) is 2.02. The van der Waals surface area contributed by atoms with Gasteiger partial charge in [-0.2, -0.15) is 0 Å². The smallest absolute Gasteiger partial charge is 0.179 e. The van der Waals surface area contributed by atoms with E-state index in [-0.39, 0.29) is 11.8 Å². The molecule has 1 atom stereocenters. The van der Waals surface area contributed by atoms with E-state index in [0.717, 1.165) is 24.9 Å². The monoisotopic (exact) mass is 189 g/mol. The Labute approximate surface area is 84.3 Å². The van der Waals surface area contributed by atoms with Crippen LogP contribution in [-0.4, -0.2) is 18.4 Å². The van der Waals surface area contributed by atoms with E-state index in [9.17, 15) is 4.79 Å². The molecule has 0 aliphatic carbocycles. The molecule has 0 saturated carbocycles. The lowest BCUT2D eigenvalue weighted by atomic mass is 10.0. The van der Waals surface area contributed by atoms with Crippen molar-refractivity contribution in [1.29, 1.82) is 0 Å². The lowest BCUT2D eigenvalue weighted by Gasteiger charge is -2.08. The van der Waals surface area contributed by atoms with Gasteiger partial charge in [-0.05, 0) is 26.3 Å². The molecule has 0 radical (unpaired) electrons. The van der Waals surface area contributed by atoms with E-state index in [4.69, 9.17) is 0 Å². The third-order valence-corrected chi connectivity index (χ3v) is 2.71. The van der Waals surface area contributed by atoms with Gasteiger partial charge in [0.25, 0.3) is 0 Å². The maximum atomic E-state index is 11.9. The quantitative estimate of drug-likeness (QED) is 0.720. The maximum absolute atomic E-state index is 11.9. The van der Waals surface area contributed by atoms with E-state index in [1.807, 2.05) is 31.2 Å². The highest BCUT2D eigenvalue weighted by Gasteiger charge is 2.22. The Morgan fingerprint density at radius 3 is 2.64 bits per heavy atom. The van der Waals surface area contributed by atoms with E-state index >= 15 is 0 Å². The van der Waals surface area contributed by atoms with Crippen molar-refractivity contribution in [1.82, 2.24) is 5.32 Å². The van der Waals surface area contributed by atoms with Crippen LogP contribution >= 0.6 is 0 Å². The van der Waals surface area contributed by atoms with E-state index < -0.39 is 0 Å². The molecule has 74 valence electrons. The molecule has 1 aromatic carbocycles. The molecule has 1 aliphatic heterocycles. The second-order valence-electron chi connectivity index (χ2n) is 3.88. The van der Waals surface area contributed by atoms with Crippen molar-refractivity contribution < 1.29 is 4.79 Å². The second-order valence-corrected chi connectivity index (χ2v) is 3.88. The van der Waals surface area contributed by atoms with Crippen LogP contribution in [0.25, 0.3) is 0 Å². The summed E-state index contributed by atoms with van der Waals surface area (Å²) in [5, 5.41) is 3.22. The first-order chi connectivity index (χ1) is 6.77. The predicted octanol–water partition coefficient (Wildman–Crippen LogP) is 1.93. The molecule has 0 amide bonds. The number of hydrogen-bond donors (Lipinski definition) is 1. The topological polar surface area (TPSA) is 29.1 Å². The highest BCUT2D eigenvalue weighted by atomic mass is 16.1. The van der Waals surface area contributed by atoms with E-state index in [0.29, 0.717) is 0 Å². The fourth-order valence-corrected chi connectivity index (χ4v) is 1.83. The van der Waals surface area contributed by atoms with Crippen LogP contribution < -0.4 is 5.32 Å². The Hall–Kier alpha value is -1.15. The molecule has 0 bridgehead atoms. The van der Waals surface area contributed by atoms with Crippen molar-refractivity contribution >= 4 is 5.78 Å². The lowest BCUT2D eigenvalue weighted by molar-refractivity contribution is 0.0952. The Balaban J connectivity index is 2.14. The molecule has 2 rings (SSSR count). The molecule has 0 unspecified atom stereocenters. The van der Waals surface area contributed by atoms with Crippen LogP contribution in [0.1, 0.15) is 28.8 Å². The van der Waals surface area contributed by atoms with Gasteiger partial charge in [0.1, 0.15) is 0 Å². The minimum Gasteiger partial charge on any atom is -0.307 e. The van der Waals surface area contributed by atoms with Crippen LogP contribution in [0.3, 0.4) is 0 Å². The molecule has 1 aromatic rings. The zero-order chi connectivity index (χ0) is 9.97. The Kier molecular flexibility index (Phi) is 2.64. The number of rotatable bonds is 2. The summed E-state index contributed by atoms with van der Waals surface area (Å²) in [6.07, 6.45) is 2.09. The molecule has 1 fully saturated rings. The maximum Gasteiger partial charge on any atom is 0.179 e. The van der Waals surface area contributed by atoms with Gasteiger partial charge < -0.3 is 5.32 Å². The molecule has 0 spiro atoms. The fraction of sp³-hybridized carbons (Fsp3) is 0.417. The summed E-state index contributed by atoms with van der Waals surface area (Å²) in [6.45, 7) is 3.00. The van der Waals surface area contributed by atoms with E-state index in [1.165, 1.54) is 5.56 Å². The summed E-state index contributed by atoms with van der Waals surface area (Å²) in [6, 6.07) is 7.86. The van der Waals surface area contributed by atoms with Gasteiger partial charge in [0, 0.05) is 5.56 Å². The van der Waals surface area contributed by atoms with Gasteiger partial charge in [0.15, 0.2) is 5.78 Å². The van der Waals surface area contributed by atoms with Gasteiger partial charge in [0.2, 0.25) is 0 Å². The van der Waals surface area contributed by atoms with Crippen LogP contribution in [0.2, 0.25) is 0 Å². The van der Waals surface area contributed by atoms with Crippen LogP contribution in [0.4, 0.5) is 0 Å². The zero-order valence-electron chi connectivity index (χ0n) is 8.42. The van der Waals surface area contributed by atoms with Crippen molar-refractivity contribution in [3.05, 3.63) is 35.4 Å². The first kappa shape index (κ1) is 9.41. The molecule has 14 heavy (non-hydrogen) atoms. The van der Waals surface area contributed by atoms with Crippen molar-refractivity contribution in [2.45, 2.75) is 25.8 Å². The van der Waals surface area contributed by atoms with Crippen molar-refractivity contribution in [2.75, 3.05) is 6.54 Å². The standard InChI is InChI=1S/C12H15NO/c1-9-4-6-10(7-5-9)12(14)11-3-2-8-13-11/h4-7,11,13H,2-3,8H2,1H3/t11-/m0/s1. The van der Waals surface area contributed by atoms with Crippen molar-refractivity contribution in [3.63, 3.8) is 0 Å². The second kappa shape index (κ2) is 3.93. The van der Waals surface area contributed by atoms with Crippen LogP contribution in [0.15, 0.2) is 24.3 Å². The summed E-state index contributed by atoms with van der Waals surface area (Å²) < 4.78 is 0. The molecule has 1 heterocycles. The number of benzene rings is 1. The number of carbonyl (C=O) groups excluding carboxylic acids is 1. The zero-order valence-corrected chi connectivity index (χ0v) is 8.42. The summed E-state index contributed by atoms with van der Waals surface area (Å²) in [5.74, 6) is 0.238. The van der Waals surface area contributed by atoms with Gasteiger partial charge >= 0.3 is 0 Å². The molecule has 1 aliphatic rings. The number of nitrogens with one attached hydrogen (secondary N) is 1. The average molecular weight is 189 g/mol. The van der Waals surface area contributed by atoms with E-state index in [2.05, 4.69) is 5.32 Å². The molecule has 1 saturated heterocycles. The Bertz CT molecular complexity index is 323. The number of aryl methyl sites for hydroxylation is 1. The molecule has 0 aromatic heterocycles. The SMILES string of the molecule is Cc1ccc(C(=O)[C@@H]2CCCN2)cc1. The minimum absolute atomic E-state index is 0.0534. The van der Waals surface area contributed by atoms with Crippen LogP contribution in [0.5, 0.6) is 0 Å². The molecule has 2 heteroatoms. The third kappa shape index (κ3) is 1.85. The average Bonchev–Trinajstić information content (AvgIpc) is 2.71. The van der Waals surface area contributed by atoms with Gasteiger partial charge in [-0.15, -0.1) is 0 Å². The first-order valence-corrected chi connectivity index (χ1v) is 5.11. The van der Waals surface area contributed by atoms with Gasteiger partial charge in [0.05, 0.1) is 6.04 Å². The predicted molar refractivity (Wildman–Crippen MR) is 56.5 cm³/mol. The van der Waals surface area contributed by atoms with Crippen molar-refractivity contribution in [3.8, 4) is 0 Å². The summed E-state index contributed by atoms with van der Waals surface area (Å²) in [4.78, 5) is 11.9. The molecule has 2 nitrogen and oxygen atoms in total. The summed E-state index contributed by atoms with van der Waals surface area (Å²) in [7, 11) is 0. The normalized spacial score (nSPS) is 21.1.